The zero-order valence-corrected chi connectivity index (χ0v) is 14.3. The van der Waals surface area contributed by atoms with E-state index in [4.69, 9.17) is 4.42 Å². The predicted octanol–water partition coefficient (Wildman–Crippen LogP) is 5.54. The first-order valence-corrected chi connectivity index (χ1v) is 8.53. The highest BCUT2D eigenvalue weighted by molar-refractivity contribution is 6.17. The standard InChI is InChI=1S/C23H18NO/c1-15-7-3-5-9-17(15)20-13-12-19-22-18-10-6-4-8-16(18)11-14-21(22)25-23(19)24(20)2/h3-14H,1-2H3/q+1. The molecule has 0 saturated heterocycles. The minimum absolute atomic E-state index is 0.909. The van der Waals surface area contributed by atoms with E-state index in [-0.39, 0.29) is 0 Å². The summed E-state index contributed by atoms with van der Waals surface area (Å²) in [5.41, 5.74) is 5.50. The van der Waals surface area contributed by atoms with Crippen LogP contribution in [0.1, 0.15) is 5.56 Å². The lowest BCUT2D eigenvalue weighted by Crippen LogP contribution is -2.31. The predicted molar refractivity (Wildman–Crippen MR) is 103 cm³/mol. The van der Waals surface area contributed by atoms with Crippen molar-refractivity contribution in [1.82, 2.24) is 0 Å². The molecule has 0 aliphatic heterocycles. The van der Waals surface area contributed by atoms with Crippen molar-refractivity contribution < 1.29 is 8.98 Å². The maximum atomic E-state index is 6.26. The first-order valence-electron chi connectivity index (χ1n) is 8.53. The molecule has 0 radical (unpaired) electrons. The number of benzene rings is 3. The average Bonchev–Trinajstić information content (AvgIpc) is 3.03. The summed E-state index contributed by atoms with van der Waals surface area (Å²) in [6.07, 6.45) is 0. The number of nitrogens with zero attached hydrogens (tertiary/aromatic N) is 1. The van der Waals surface area contributed by atoms with E-state index in [9.17, 15) is 0 Å². The second-order valence-electron chi connectivity index (χ2n) is 6.57. The highest BCUT2D eigenvalue weighted by Crippen LogP contribution is 2.34. The van der Waals surface area contributed by atoms with Gasteiger partial charge in [-0.2, -0.15) is 4.57 Å². The van der Waals surface area contributed by atoms with Crippen molar-refractivity contribution in [2.45, 2.75) is 6.92 Å². The molecule has 0 aliphatic carbocycles. The van der Waals surface area contributed by atoms with E-state index in [2.05, 4.69) is 91.3 Å². The van der Waals surface area contributed by atoms with Gasteiger partial charge in [0.25, 0.3) is 0 Å². The molecule has 5 aromatic rings. The average molecular weight is 324 g/mol. The van der Waals surface area contributed by atoms with Crippen LogP contribution in [0.2, 0.25) is 0 Å². The molecule has 0 saturated carbocycles. The molecule has 0 aliphatic rings. The molecule has 0 unspecified atom stereocenters. The Balaban J connectivity index is 1.90. The quantitative estimate of drug-likeness (QED) is 0.370. The Bertz CT molecular complexity index is 1260. The molecule has 120 valence electrons. The number of furan rings is 1. The van der Waals surface area contributed by atoms with Gasteiger partial charge in [0.1, 0.15) is 12.6 Å². The van der Waals surface area contributed by atoms with Gasteiger partial charge in [-0.05, 0) is 41.5 Å². The molecule has 0 spiro atoms. The fraction of sp³-hybridized carbons (Fsp3) is 0.0870. The fourth-order valence-corrected chi connectivity index (χ4v) is 3.80. The summed E-state index contributed by atoms with van der Waals surface area (Å²) in [6.45, 7) is 2.14. The van der Waals surface area contributed by atoms with Gasteiger partial charge in [-0.1, -0.05) is 48.5 Å². The number of fused-ring (bicyclic) bond motifs is 5. The lowest BCUT2D eigenvalue weighted by Gasteiger charge is -2.03. The minimum atomic E-state index is 0.909. The summed E-state index contributed by atoms with van der Waals surface area (Å²) in [7, 11) is 2.08. The first-order chi connectivity index (χ1) is 12.2. The Kier molecular flexibility index (Phi) is 2.95. The van der Waals surface area contributed by atoms with Crippen LogP contribution in [0, 0.1) is 6.92 Å². The van der Waals surface area contributed by atoms with Crippen LogP contribution in [0.5, 0.6) is 0 Å². The minimum Gasteiger partial charge on any atom is -0.404 e. The number of rotatable bonds is 1. The van der Waals surface area contributed by atoms with Crippen LogP contribution in [0.3, 0.4) is 0 Å². The fourth-order valence-electron chi connectivity index (χ4n) is 3.80. The van der Waals surface area contributed by atoms with Crippen LogP contribution in [0.25, 0.3) is 44.1 Å². The molecule has 0 N–H and O–H groups in total. The molecular weight excluding hydrogens is 306 g/mol. The van der Waals surface area contributed by atoms with Crippen LogP contribution >= 0.6 is 0 Å². The molecule has 0 bridgehead atoms. The van der Waals surface area contributed by atoms with E-state index in [1.54, 1.807) is 0 Å². The summed E-state index contributed by atoms with van der Waals surface area (Å²) >= 11 is 0. The molecule has 5 rings (SSSR count). The Hall–Kier alpha value is -3.13. The van der Waals surface area contributed by atoms with E-state index in [1.807, 2.05) is 0 Å². The van der Waals surface area contributed by atoms with Crippen LogP contribution in [0.4, 0.5) is 0 Å². The third-order valence-corrected chi connectivity index (χ3v) is 5.09. The monoisotopic (exact) mass is 324 g/mol. The van der Waals surface area contributed by atoms with Gasteiger partial charge in [-0.15, -0.1) is 0 Å². The molecule has 25 heavy (non-hydrogen) atoms. The van der Waals surface area contributed by atoms with Crippen molar-refractivity contribution in [3.63, 3.8) is 0 Å². The molecule has 0 fully saturated rings. The summed E-state index contributed by atoms with van der Waals surface area (Å²) in [6, 6.07) is 25.5. The van der Waals surface area contributed by atoms with E-state index >= 15 is 0 Å². The zero-order chi connectivity index (χ0) is 17.0. The van der Waals surface area contributed by atoms with Gasteiger partial charge in [0, 0.05) is 17.0 Å². The van der Waals surface area contributed by atoms with E-state index in [0.717, 1.165) is 22.4 Å². The van der Waals surface area contributed by atoms with E-state index < -0.39 is 0 Å². The lowest BCUT2D eigenvalue weighted by molar-refractivity contribution is -0.640. The third kappa shape index (κ3) is 2.01. The zero-order valence-electron chi connectivity index (χ0n) is 14.3. The smallest absolute Gasteiger partial charge is 0.381 e. The Labute approximate surface area is 145 Å². The number of aromatic nitrogens is 1. The van der Waals surface area contributed by atoms with Gasteiger partial charge in [-0.3, -0.25) is 0 Å². The largest absolute Gasteiger partial charge is 0.404 e. The maximum absolute atomic E-state index is 6.26. The SMILES string of the molecule is Cc1ccccc1-c1ccc2c3c(ccc4ccccc43)oc2[n+]1C. The summed E-state index contributed by atoms with van der Waals surface area (Å²) in [5, 5.41) is 4.83. The highest BCUT2D eigenvalue weighted by Gasteiger charge is 2.21. The molecule has 0 amide bonds. The second-order valence-corrected chi connectivity index (χ2v) is 6.57. The second kappa shape index (κ2) is 5.18. The maximum Gasteiger partial charge on any atom is 0.381 e. The van der Waals surface area contributed by atoms with Gasteiger partial charge < -0.3 is 4.42 Å². The molecular formula is C23H18NO+. The van der Waals surface area contributed by atoms with Gasteiger partial charge in [0.2, 0.25) is 5.69 Å². The number of aryl methyl sites for hydroxylation is 2. The number of hydrogen-bond acceptors (Lipinski definition) is 1. The Morgan fingerprint density at radius 3 is 2.44 bits per heavy atom. The molecule has 2 nitrogen and oxygen atoms in total. The van der Waals surface area contributed by atoms with Crippen molar-refractivity contribution in [1.29, 1.82) is 0 Å². The molecule has 2 heteroatoms. The van der Waals surface area contributed by atoms with Crippen molar-refractivity contribution >= 4 is 32.8 Å². The third-order valence-electron chi connectivity index (χ3n) is 5.09. The summed E-state index contributed by atoms with van der Waals surface area (Å²) < 4.78 is 8.42. The van der Waals surface area contributed by atoms with Crippen LogP contribution in [-0.4, -0.2) is 0 Å². The number of pyridine rings is 1. The van der Waals surface area contributed by atoms with E-state index in [1.165, 1.54) is 27.3 Å². The van der Waals surface area contributed by atoms with Crippen molar-refractivity contribution in [2.24, 2.45) is 7.05 Å². The normalized spacial score (nSPS) is 11.6. The Morgan fingerprint density at radius 1 is 0.760 bits per heavy atom. The van der Waals surface area contributed by atoms with Crippen LogP contribution < -0.4 is 4.57 Å². The summed E-state index contributed by atoms with van der Waals surface area (Å²) in [4.78, 5) is 0. The van der Waals surface area contributed by atoms with Crippen LogP contribution in [-0.2, 0) is 7.05 Å². The molecule has 0 atom stereocenters. The highest BCUT2D eigenvalue weighted by atomic mass is 16.3. The lowest BCUT2D eigenvalue weighted by atomic mass is 10.0. The van der Waals surface area contributed by atoms with Gasteiger partial charge in [-0.25, -0.2) is 0 Å². The van der Waals surface area contributed by atoms with E-state index in [0.29, 0.717) is 0 Å². The summed E-state index contributed by atoms with van der Waals surface area (Å²) in [5.74, 6) is 0. The van der Waals surface area contributed by atoms with Crippen molar-refractivity contribution in [3.05, 3.63) is 78.4 Å². The van der Waals surface area contributed by atoms with Crippen molar-refractivity contribution in [2.75, 3.05) is 0 Å². The van der Waals surface area contributed by atoms with Gasteiger partial charge >= 0.3 is 5.71 Å². The first kappa shape index (κ1) is 14.2. The molecule has 2 heterocycles. The Morgan fingerprint density at radius 2 is 1.56 bits per heavy atom. The van der Waals surface area contributed by atoms with Gasteiger partial charge in [0.05, 0.1) is 5.39 Å². The van der Waals surface area contributed by atoms with Crippen LogP contribution in [0.15, 0.2) is 77.2 Å². The van der Waals surface area contributed by atoms with Gasteiger partial charge in [0.15, 0.2) is 0 Å². The molecule has 3 aromatic carbocycles. The molecule has 2 aromatic heterocycles. The van der Waals surface area contributed by atoms with Crippen molar-refractivity contribution in [3.8, 4) is 11.3 Å². The number of hydrogen-bond donors (Lipinski definition) is 0. The topological polar surface area (TPSA) is 17.0 Å².